The maximum atomic E-state index is 13.3. The summed E-state index contributed by atoms with van der Waals surface area (Å²) in [6.07, 6.45) is -3.73. The third-order valence-electron chi connectivity index (χ3n) is 6.07. The lowest BCUT2D eigenvalue weighted by Crippen LogP contribution is -2.45. The van der Waals surface area contributed by atoms with E-state index in [-0.39, 0.29) is 17.5 Å². The second-order valence-corrected chi connectivity index (χ2v) is 9.71. The van der Waals surface area contributed by atoms with Crippen LogP contribution in [0.4, 0.5) is 13.2 Å². The molecule has 0 bridgehead atoms. The molecule has 0 saturated carbocycles. The van der Waals surface area contributed by atoms with Crippen molar-refractivity contribution < 1.29 is 37.4 Å². The summed E-state index contributed by atoms with van der Waals surface area (Å²) in [5.74, 6) is -2.12. The normalized spacial score (nSPS) is 12.2. The summed E-state index contributed by atoms with van der Waals surface area (Å²) in [5.41, 5.74) is -0.804. The predicted octanol–water partition coefficient (Wildman–Crippen LogP) is 6.73. The van der Waals surface area contributed by atoms with Crippen molar-refractivity contribution in [3.8, 4) is 11.5 Å². The van der Waals surface area contributed by atoms with Crippen LogP contribution in [0.3, 0.4) is 0 Å². The van der Waals surface area contributed by atoms with Crippen LogP contribution in [0, 0.1) is 0 Å². The monoisotopic (exact) mass is 608 g/mol. The summed E-state index contributed by atoms with van der Waals surface area (Å²) >= 11 is 5.89. The van der Waals surface area contributed by atoms with Crippen LogP contribution in [0.25, 0.3) is 6.08 Å². The van der Waals surface area contributed by atoms with E-state index in [0.29, 0.717) is 22.1 Å². The van der Waals surface area contributed by atoms with Crippen molar-refractivity contribution in [1.82, 2.24) is 10.6 Å². The maximum Gasteiger partial charge on any atom is 0.416 e. The highest BCUT2D eigenvalue weighted by atomic mass is 35.5. The van der Waals surface area contributed by atoms with E-state index < -0.39 is 41.3 Å². The number of nitrogens with one attached hydrogen (secondary N) is 2. The Bertz CT molecular complexity index is 1620. The highest BCUT2D eigenvalue weighted by Gasteiger charge is 2.30. The number of amides is 2. The number of carboxylic acid groups (broad SMARTS) is 1. The largest absolute Gasteiger partial charge is 0.480 e. The topological polar surface area (TPSA) is 105 Å². The number of carbonyl (C=O) groups is 3. The lowest BCUT2D eigenvalue weighted by molar-refractivity contribution is -0.141. The molecule has 2 amide bonds. The molecule has 4 aromatic rings. The molecule has 4 rings (SSSR count). The number of hydrogen-bond acceptors (Lipinski definition) is 4. The zero-order chi connectivity index (χ0) is 31.0. The number of para-hydroxylation sites is 1. The Labute approximate surface area is 249 Å². The van der Waals surface area contributed by atoms with Crippen molar-refractivity contribution in [2.45, 2.75) is 18.6 Å². The minimum Gasteiger partial charge on any atom is -0.480 e. The number of benzene rings is 4. The maximum absolute atomic E-state index is 13.3. The number of ether oxygens (including phenoxy) is 1. The molecule has 0 fully saturated rings. The Balaban J connectivity index is 1.58. The third kappa shape index (κ3) is 8.95. The number of aliphatic carboxylic acids is 1. The van der Waals surface area contributed by atoms with Crippen LogP contribution >= 0.6 is 11.6 Å². The Hall–Kier alpha value is -5.09. The van der Waals surface area contributed by atoms with Crippen molar-refractivity contribution in [1.29, 1.82) is 0 Å². The van der Waals surface area contributed by atoms with Gasteiger partial charge in [0.25, 0.3) is 11.8 Å². The second-order valence-electron chi connectivity index (χ2n) is 9.27. The molecular formula is C32H24ClF3N2O5. The van der Waals surface area contributed by atoms with E-state index in [4.69, 9.17) is 16.3 Å². The van der Waals surface area contributed by atoms with Gasteiger partial charge in [-0.2, -0.15) is 13.2 Å². The van der Waals surface area contributed by atoms with E-state index in [9.17, 15) is 32.7 Å². The van der Waals surface area contributed by atoms with Gasteiger partial charge in [-0.05, 0) is 77.9 Å². The fraction of sp³-hybridized carbons (Fsp3) is 0.0938. The first-order valence-electron chi connectivity index (χ1n) is 12.8. The average molecular weight is 609 g/mol. The molecule has 0 aromatic heterocycles. The molecule has 0 spiro atoms. The van der Waals surface area contributed by atoms with Gasteiger partial charge in [-0.25, -0.2) is 4.79 Å². The molecular weight excluding hydrogens is 585 g/mol. The standard InChI is InChI=1S/C32H24ClF3N2O5/c33-24-13-9-20(10-14-24)18-28(31(41)42)38-30(40)27(19-21-5-4-6-23(17-21)32(34,35)36)37-29(39)22-11-15-26(16-12-22)43-25-7-2-1-3-8-25/h1-17,19,28H,18H2,(H,37,39)(H,38,40)(H,41,42). The first kappa shape index (κ1) is 30.9. The summed E-state index contributed by atoms with van der Waals surface area (Å²) in [5, 5.41) is 14.9. The summed E-state index contributed by atoms with van der Waals surface area (Å²) in [7, 11) is 0. The Kier molecular flexibility index (Phi) is 9.84. The van der Waals surface area contributed by atoms with Crippen LogP contribution in [0.15, 0.2) is 109 Å². The summed E-state index contributed by atoms with van der Waals surface area (Å²) in [6, 6.07) is 23.9. The smallest absolute Gasteiger partial charge is 0.416 e. The molecule has 43 heavy (non-hydrogen) atoms. The van der Waals surface area contributed by atoms with Gasteiger partial charge in [0.2, 0.25) is 0 Å². The zero-order valence-corrected chi connectivity index (χ0v) is 23.0. The quantitative estimate of drug-likeness (QED) is 0.173. The Morgan fingerprint density at radius 3 is 2.14 bits per heavy atom. The minimum absolute atomic E-state index is 0.0449. The van der Waals surface area contributed by atoms with Gasteiger partial charge in [0.05, 0.1) is 5.56 Å². The van der Waals surface area contributed by atoms with Gasteiger partial charge in [0.15, 0.2) is 0 Å². The van der Waals surface area contributed by atoms with E-state index in [2.05, 4.69) is 10.6 Å². The molecule has 7 nitrogen and oxygen atoms in total. The number of carboxylic acids is 1. The van der Waals surface area contributed by atoms with Gasteiger partial charge in [-0.15, -0.1) is 0 Å². The van der Waals surface area contributed by atoms with Crippen LogP contribution < -0.4 is 15.4 Å². The van der Waals surface area contributed by atoms with Crippen LogP contribution in [-0.2, 0) is 22.2 Å². The summed E-state index contributed by atoms with van der Waals surface area (Å²) < 4.78 is 45.6. The number of alkyl halides is 3. The molecule has 220 valence electrons. The Morgan fingerprint density at radius 2 is 1.51 bits per heavy atom. The molecule has 0 saturated heterocycles. The number of halogens is 4. The van der Waals surface area contributed by atoms with Crippen molar-refractivity contribution in [2.24, 2.45) is 0 Å². The minimum atomic E-state index is -4.65. The van der Waals surface area contributed by atoms with E-state index in [1.165, 1.54) is 30.3 Å². The molecule has 0 aliphatic rings. The molecule has 3 N–H and O–H groups in total. The summed E-state index contributed by atoms with van der Waals surface area (Å²) in [6.45, 7) is 0. The highest BCUT2D eigenvalue weighted by Crippen LogP contribution is 2.30. The molecule has 1 unspecified atom stereocenters. The van der Waals surface area contributed by atoms with Gasteiger partial charge in [-0.3, -0.25) is 9.59 Å². The first-order valence-corrected chi connectivity index (χ1v) is 13.2. The fourth-order valence-electron chi connectivity index (χ4n) is 3.92. The molecule has 0 aliphatic heterocycles. The number of hydrogen-bond donors (Lipinski definition) is 3. The fourth-order valence-corrected chi connectivity index (χ4v) is 4.04. The van der Waals surface area contributed by atoms with Crippen LogP contribution in [-0.4, -0.2) is 28.9 Å². The molecule has 1 atom stereocenters. The third-order valence-corrected chi connectivity index (χ3v) is 6.32. The van der Waals surface area contributed by atoms with Gasteiger partial charge in [0, 0.05) is 17.0 Å². The van der Waals surface area contributed by atoms with Gasteiger partial charge in [0.1, 0.15) is 23.2 Å². The first-order chi connectivity index (χ1) is 20.5. The van der Waals surface area contributed by atoms with Crippen molar-refractivity contribution in [3.05, 3.63) is 136 Å². The van der Waals surface area contributed by atoms with Crippen molar-refractivity contribution in [2.75, 3.05) is 0 Å². The van der Waals surface area contributed by atoms with E-state index >= 15 is 0 Å². The number of rotatable bonds is 10. The van der Waals surface area contributed by atoms with Crippen LogP contribution in [0.2, 0.25) is 5.02 Å². The second kappa shape index (κ2) is 13.7. The van der Waals surface area contributed by atoms with Crippen molar-refractivity contribution in [3.63, 3.8) is 0 Å². The number of carbonyl (C=O) groups excluding carboxylic acids is 2. The van der Waals surface area contributed by atoms with Gasteiger partial charge >= 0.3 is 12.1 Å². The van der Waals surface area contributed by atoms with E-state index in [1.54, 1.807) is 48.5 Å². The SMILES string of the molecule is O=C(NC(Cc1ccc(Cl)cc1)C(=O)O)C(=Cc1cccc(C(F)(F)F)c1)NC(=O)c1ccc(Oc2ccccc2)cc1. The lowest BCUT2D eigenvalue weighted by Gasteiger charge is -2.17. The van der Waals surface area contributed by atoms with E-state index in [1.807, 2.05) is 6.07 Å². The van der Waals surface area contributed by atoms with Crippen LogP contribution in [0.5, 0.6) is 11.5 Å². The highest BCUT2D eigenvalue weighted by molar-refractivity contribution is 6.30. The van der Waals surface area contributed by atoms with Crippen molar-refractivity contribution >= 4 is 35.5 Å². The van der Waals surface area contributed by atoms with Gasteiger partial charge < -0.3 is 20.5 Å². The zero-order valence-electron chi connectivity index (χ0n) is 22.3. The van der Waals surface area contributed by atoms with Gasteiger partial charge in [-0.1, -0.05) is 54.1 Å². The summed E-state index contributed by atoms with van der Waals surface area (Å²) in [4.78, 5) is 38.4. The van der Waals surface area contributed by atoms with E-state index in [0.717, 1.165) is 24.3 Å². The molecule has 0 aliphatic carbocycles. The lowest BCUT2D eigenvalue weighted by atomic mass is 10.1. The predicted molar refractivity (Wildman–Crippen MR) is 155 cm³/mol. The average Bonchev–Trinajstić information content (AvgIpc) is 2.98. The molecule has 0 radical (unpaired) electrons. The van der Waals surface area contributed by atoms with Crippen LogP contribution in [0.1, 0.15) is 27.0 Å². The molecule has 11 heteroatoms. The molecule has 0 heterocycles. The molecule has 4 aromatic carbocycles. The Morgan fingerprint density at radius 1 is 0.860 bits per heavy atom.